The molecule has 3 unspecified atom stereocenters. The summed E-state index contributed by atoms with van der Waals surface area (Å²) < 4.78 is 0. The Labute approximate surface area is 229 Å². The maximum absolute atomic E-state index is 13.3. The Bertz CT molecular complexity index is 1280. The van der Waals surface area contributed by atoms with Crippen LogP contribution in [0.2, 0.25) is 10.0 Å². The number of nitrogens with zero attached hydrogens (tertiary/aromatic N) is 3. The Morgan fingerprint density at radius 2 is 1.84 bits per heavy atom. The first-order valence-corrected chi connectivity index (χ1v) is 13.8. The van der Waals surface area contributed by atoms with Gasteiger partial charge in [-0.1, -0.05) is 53.9 Å². The van der Waals surface area contributed by atoms with Crippen LogP contribution >= 0.6 is 23.2 Å². The molecule has 7 heteroatoms. The topological polar surface area (TPSA) is 56.7 Å². The van der Waals surface area contributed by atoms with Gasteiger partial charge in [0.15, 0.2) is 0 Å². The van der Waals surface area contributed by atoms with Gasteiger partial charge in [0, 0.05) is 36.2 Å². The Balaban J connectivity index is 1.59. The van der Waals surface area contributed by atoms with E-state index in [4.69, 9.17) is 28.2 Å². The zero-order valence-corrected chi connectivity index (χ0v) is 22.8. The molecule has 0 spiro atoms. The molecule has 2 aromatic carbocycles. The van der Waals surface area contributed by atoms with Crippen molar-refractivity contribution in [1.82, 2.24) is 9.88 Å². The number of aromatic nitrogens is 1. The fourth-order valence-corrected chi connectivity index (χ4v) is 6.51. The number of hydrogen-bond donors (Lipinski definition) is 1. The van der Waals surface area contributed by atoms with Crippen molar-refractivity contribution in [2.24, 2.45) is 0 Å². The molecule has 2 aliphatic heterocycles. The van der Waals surface area contributed by atoms with Gasteiger partial charge in [-0.3, -0.25) is 14.6 Å². The van der Waals surface area contributed by atoms with Gasteiger partial charge in [0.25, 0.3) is 0 Å². The zero-order chi connectivity index (χ0) is 26.2. The standard InChI is InChI=1S/C30H33Cl2N3O2/c1-20-6-5-8-28(33-20)35-19-30(16-15-29(35)37,23-11-14-25(31)26(32)18-23)21(2)34-17-4-3-7-27(34)22-9-12-24(36)13-10-22/h5-6,8-14,18,21,27,36H,3-4,7,15-17,19H2,1-2H3. The number of carbonyl (C=O) groups excluding carboxylic acids is 1. The Hall–Kier alpha value is -2.60. The van der Waals surface area contributed by atoms with Crippen LogP contribution in [-0.2, 0) is 10.2 Å². The van der Waals surface area contributed by atoms with Gasteiger partial charge in [0.05, 0.1) is 10.0 Å². The van der Waals surface area contributed by atoms with E-state index in [-0.39, 0.29) is 29.2 Å². The van der Waals surface area contributed by atoms with Crippen LogP contribution in [0.5, 0.6) is 5.75 Å². The van der Waals surface area contributed by atoms with Crippen LogP contribution < -0.4 is 4.90 Å². The molecule has 194 valence electrons. The highest BCUT2D eigenvalue weighted by Gasteiger charge is 2.48. The number of rotatable bonds is 5. The minimum atomic E-state index is -0.375. The van der Waals surface area contributed by atoms with Gasteiger partial charge in [0.1, 0.15) is 11.6 Å². The van der Waals surface area contributed by atoms with Gasteiger partial charge in [-0.05, 0) is 87.2 Å². The lowest BCUT2D eigenvalue weighted by molar-refractivity contribution is -0.121. The second-order valence-corrected chi connectivity index (χ2v) is 11.2. The molecular formula is C30H33Cl2N3O2. The number of likely N-dealkylation sites (tertiary alicyclic amines) is 1. The highest BCUT2D eigenvalue weighted by atomic mass is 35.5. The van der Waals surface area contributed by atoms with Gasteiger partial charge < -0.3 is 5.11 Å². The molecule has 37 heavy (non-hydrogen) atoms. The van der Waals surface area contributed by atoms with Crippen molar-refractivity contribution in [2.45, 2.75) is 63.5 Å². The smallest absolute Gasteiger partial charge is 0.228 e. The van der Waals surface area contributed by atoms with Crippen LogP contribution in [0.4, 0.5) is 5.82 Å². The van der Waals surface area contributed by atoms with Gasteiger partial charge in [-0.2, -0.15) is 0 Å². The number of carbonyl (C=O) groups is 1. The Morgan fingerprint density at radius 1 is 1.05 bits per heavy atom. The van der Waals surface area contributed by atoms with E-state index in [1.807, 2.05) is 54.3 Å². The van der Waals surface area contributed by atoms with E-state index in [0.717, 1.165) is 37.1 Å². The molecule has 3 atom stereocenters. The summed E-state index contributed by atoms with van der Waals surface area (Å²) in [6.07, 6.45) is 4.48. The molecule has 2 fully saturated rings. The first-order valence-electron chi connectivity index (χ1n) is 13.0. The van der Waals surface area contributed by atoms with Crippen molar-refractivity contribution in [3.05, 3.63) is 87.5 Å². The Kier molecular flexibility index (Phi) is 7.49. The van der Waals surface area contributed by atoms with Gasteiger partial charge in [-0.15, -0.1) is 0 Å². The minimum absolute atomic E-state index is 0.0923. The number of amides is 1. The lowest BCUT2D eigenvalue weighted by Gasteiger charge is -2.52. The fourth-order valence-electron chi connectivity index (χ4n) is 6.22. The van der Waals surface area contributed by atoms with Crippen LogP contribution in [-0.4, -0.2) is 40.0 Å². The van der Waals surface area contributed by atoms with Crippen molar-refractivity contribution in [3.8, 4) is 5.75 Å². The summed E-state index contributed by atoms with van der Waals surface area (Å²) in [6.45, 7) is 5.72. The van der Waals surface area contributed by atoms with Crippen LogP contribution in [0.1, 0.15) is 61.9 Å². The lowest BCUT2D eigenvalue weighted by atomic mass is 9.67. The number of pyridine rings is 1. The summed E-state index contributed by atoms with van der Waals surface area (Å²) in [5, 5.41) is 10.9. The number of phenolic OH excluding ortho intramolecular Hbond substituents is 1. The molecule has 2 aliphatic rings. The SMILES string of the molecule is Cc1cccc(N2CC(c3ccc(Cl)c(Cl)c3)(C(C)N3CCCCC3c3ccc(O)cc3)CCC2=O)n1. The number of aromatic hydroxyl groups is 1. The normalized spacial score (nSPS) is 23.7. The average molecular weight is 539 g/mol. The van der Waals surface area contributed by atoms with Crippen molar-refractivity contribution >= 4 is 34.9 Å². The van der Waals surface area contributed by atoms with E-state index < -0.39 is 0 Å². The summed E-state index contributed by atoms with van der Waals surface area (Å²) in [7, 11) is 0. The summed E-state index contributed by atoms with van der Waals surface area (Å²) in [5.74, 6) is 1.06. The summed E-state index contributed by atoms with van der Waals surface area (Å²) in [6, 6.07) is 19.7. The van der Waals surface area contributed by atoms with Crippen molar-refractivity contribution in [1.29, 1.82) is 0 Å². The summed E-state index contributed by atoms with van der Waals surface area (Å²) >= 11 is 12.9. The molecule has 3 aromatic rings. The zero-order valence-electron chi connectivity index (χ0n) is 21.3. The van der Waals surface area contributed by atoms with Crippen LogP contribution in [0, 0.1) is 6.92 Å². The maximum Gasteiger partial charge on any atom is 0.228 e. The summed E-state index contributed by atoms with van der Waals surface area (Å²) in [4.78, 5) is 22.4. The van der Waals surface area contributed by atoms with E-state index in [9.17, 15) is 9.90 Å². The van der Waals surface area contributed by atoms with Crippen molar-refractivity contribution in [3.63, 3.8) is 0 Å². The number of piperidine rings is 2. The molecule has 1 aromatic heterocycles. The van der Waals surface area contributed by atoms with Crippen LogP contribution in [0.3, 0.4) is 0 Å². The average Bonchev–Trinajstić information content (AvgIpc) is 2.91. The third-order valence-corrected chi connectivity index (χ3v) is 9.03. The van der Waals surface area contributed by atoms with Crippen LogP contribution in [0.15, 0.2) is 60.7 Å². The monoisotopic (exact) mass is 537 g/mol. The maximum atomic E-state index is 13.3. The van der Waals surface area contributed by atoms with Gasteiger partial charge in [-0.25, -0.2) is 4.98 Å². The second kappa shape index (κ2) is 10.6. The predicted octanol–water partition coefficient (Wildman–Crippen LogP) is 7.08. The first-order chi connectivity index (χ1) is 17.8. The molecule has 1 N–H and O–H groups in total. The number of benzene rings is 2. The van der Waals surface area contributed by atoms with E-state index in [1.165, 1.54) is 5.56 Å². The first kappa shape index (κ1) is 26.0. The molecule has 3 heterocycles. The number of aryl methyl sites for hydroxylation is 1. The predicted molar refractivity (Wildman–Crippen MR) is 150 cm³/mol. The van der Waals surface area contributed by atoms with E-state index in [1.54, 1.807) is 12.1 Å². The van der Waals surface area contributed by atoms with Crippen LogP contribution in [0.25, 0.3) is 0 Å². The van der Waals surface area contributed by atoms with E-state index in [0.29, 0.717) is 35.2 Å². The third-order valence-electron chi connectivity index (χ3n) is 8.29. The molecular weight excluding hydrogens is 505 g/mol. The second-order valence-electron chi connectivity index (χ2n) is 10.4. The molecule has 0 radical (unpaired) electrons. The van der Waals surface area contributed by atoms with E-state index >= 15 is 0 Å². The van der Waals surface area contributed by atoms with E-state index in [2.05, 4.69) is 17.9 Å². The molecule has 0 bridgehead atoms. The molecule has 0 aliphatic carbocycles. The van der Waals surface area contributed by atoms with Crippen molar-refractivity contribution in [2.75, 3.05) is 18.0 Å². The molecule has 0 saturated carbocycles. The molecule has 5 nitrogen and oxygen atoms in total. The quantitative estimate of drug-likeness (QED) is 0.377. The molecule has 1 amide bonds. The highest BCUT2D eigenvalue weighted by Crippen LogP contribution is 2.46. The summed E-state index contributed by atoms with van der Waals surface area (Å²) in [5.41, 5.74) is 2.81. The number of anilines is 1. The van der Waals surface area contributed by atoms with Gasteiger partial charge in [0.2, 0.25) is 5.91 Å². The fraction of sp³-hybridized carbons (Fsp3) is 0.400. The molecule has 2 saturated heterocycles. The Morgan fingerprint density at radius 3 is 2.57 bits per heavy atom. The number of phenols is 1. The third kappa shape index (κ3) is 5.09. The van der Waals surface area contributed by atoms with Gasteiger partial charge >= 0.3 is 0 Å². The minimum Gasteiger partial charge on any atom is -0.508 e. The largest absolute Gasteiger partial charge is 0.508 e. The highest BCUT2D eigenvalue weighted by molar-refractivity contribution is 6.42. The number of hydrogen-bond acceptors (Lipinski definition) is 4. The number of halogens is 2. The lowest BCUT2D eigenvalue weighted by Crippen LogP contribution is -2.60. The molecule has 5 rings (SSSR count). The van der Waals surface area contributed by atoms with Crippen molar-refractivity contribution < 1.29 is 9.90 Å².